The number of nitrogens with zero attached hydrogens (tertiary/aromatic N) is 3. The number of nitriles is 1. The molecule has 0 radical (unpaired) electrons. The first kappa shape index (κ1) is 34.3. The van der Waals surface area contributed by atoms with Crippen LogP contribution >= 0.6 is 0 Å². The Hall–Kier alpha value is -5.01. The number of benzene rings is 4. The average molecular weight is 635 g/mol. The van der Waals surface area contributed by atoms with Crippen molar-refractivity contribution < 1.29 is 9.37 Å². The number of hydrogen-bond donors (Lipinski definition) is 0. The summed E-state index contributed by atoms with van der Waals surface area (Å²) in [5, 5.41) is 15.2. The van der Waals surface area contributed by atoms with Crippen molar-refractivity contribution in [3.63, 3.8) is 0 Å². The van der Waals surface area contributed by atoms with E-state index in [2.05, 4.69) is 148 Å². The molecule has 0 atom stereocenters. The summed E-state index contributed by atoms with van der Waals surface area (Å²) in [5.74, 6) is 0. The fraction of sp³-hybridized carbons (Fsp3) is 0.295. The maximum absolute atomic E-state index is 10.1. The molecule has 0 saturated carbocycles. The summed E-state index contributed by atoms with van der Waals surface area (Å²) in [6, 6.07) is 28.8. The van der Waals surface area contributed by atoms with Gasteiger partial charge < -0.3 is 9.69 Å². The zero-order valence-electron chi connectivity index (χ0n) is 29.4. The lowest BCUT2D eigenvalue weighted by Crippen LogP contribution is -2.27. The van der Waals surface area contributed by atoms with Crippen LogP contribution in [-0.2, 0) is 15.6 Å². The molecule has 0 aliphatic carbocycles. The lowest BCUT2D eigenvalue weighted by Gasteiger charge is -2.27. The van der Waals surface area contributed by atoms with Crippen LogP contribution in [-0.4, -0.2) is 30.7 Å². The van der Waals surface area contributed by atoms with E-state index in [-0.39, 0.29) is 10.8 Å². The summed E-state index contributed by atoms with van der Waals surface area (Å²) in [6.45, 7) is 14.5. The smallest absolute Gasteiger partial charge is 0.210 e. The Morgan fingerprint density at radius 3 is 2.15 bits per heavy atom. The summed E-state index contributed by atoms with van der Waals surface area (Å²) in [5.41, 5.74) is 8.13. The van der Waals surface area contributed by atoms with Gasteiger partial charge in [-0.15, -0.1) is 0 Å². The molecule has 0 aromatic heterocycles. The first-order valence-electron chi connectivity index (χ1n) is 17.1. The number of carbonyl (C=O) groups excluding carboxylic acids is 1. The van der Waals surface area contributed by atoms with Crippen LogP contribution < -0.4 is 4.90 Å². The Balaban J connectivity index is 0.00000221. The minimum absolute atomic E-state index is 0.157. The first-order chi connectivity index (χ1) is 23.2. The molecular formula is C44H48N3O+. The number of carbonyl (C=O) groups is 1. The summed E-state index contributed by atoms with van der Waals surface area (Å²) in [4.78, 5) is 10.5. The number of anilines is 1. The fourth-order valence-corrected chi connectivity index (χ4v) is 7.78. The molecule has 0 amide bonds. The Labute approximate surface area is 286 Å². The highest BCUT2D eigenvalue weighted by Gasteiger charge is 2.44. The van der Waals surface area contributed by atoms with Crippen molar-refractivity contribution in [2.45, 2.75) is 71.1 Å². The highest BCUT2D eigenvalue weighted by molar-refractivity contribution is 6.07. The third kappa shape index (κ3) is 6.18. The number of allylic oxidation sites excluding steroid dienone is 8. The Kier molecular flexibility index (Phi) is 10.3. The lowest BCUT2D eigenvalue weighted by atomic mass is 9.79. The topological polar surface area (TPSA) is 47.1 Å². The molecule has 0 unspecified atom stereocenters. The van der Waals surface area contributed by atoms with Crippen LogP contribution in [0.25, 0.3) is 21.5 Å². The molecule has 2 aliphatic heterocycles. The van der Waals surface area contributed by atoms with Gasteiger partial charge in [0.15, 0.2) is 5.71 Å². The summed E-state index contributed by atoms with van der Waals surface area (Å²) >= 11 is 0. The minimum atomic E-state index is -0.157. The molecule has 4 aromatic carbocycles. The van der Waals surface area contributed by atoms with E-state index in [1.54, 1.807) is 0 Å². The number of rotatable bonds is 9. The number of unbranched alkanes of at least 4 members (excludes halogenated alkanes) is 3. The zero-order valence-corrected chi connectivity index (χ0v) is 29.4. The van der Waals surface area contributed by atoms with Crippen LogP contribution in [0.5, 0.6) is 0 Å². The van der Waals surface area contributed by atoms with E-state index in [0.717, 1.165) is 13.0 Å². The Bertz CT molecular complexity index is 2030. The van der Waals surface area contributed by atoms with Crippen LogP contribution in [0.15, 0.2) is 121 Å². The van der Waals surface area contributed by atoms with Crippen molar-refractivity contribution in [2.75, 3.05) is 18.5 Å². The Morgan fingerprint density at radius 1 is 0.833 bits per heavy atom. The van der Waals surface area contributed by atoms with E-state index in [9.17, 15) is 5.26 Å². The van der Waals surface area contributed by atoms with Gasteiger partial charge in [0.1, 0.15) is 13.8 Å². The number of fused-ring (bicyclic) bond motifs is 6. The van der Waals surface area contributed by atoms with Gasteiger partial charge in [0, 0.05) is 41.1 Å². The van der Waals surface area contributed by atoms with Gasteiger partial charge >= 0.3 is 0 Å². The van der Waals surface area contributed by atoms with E-state index in [0.29, 0.717) is 5.57 Å². The molecule has 2 aliphatic rings. The SMILES string of the molecule is C=O.CCCCCCN1\C(=C/C=C/C(C#N)=C/C=C/C2=[N+](C)c3ccc4ccccc4c3C2(C)C)C(C)(C)c2c1ccc1ccccc21. The van der Waals surface area contributed by atoms with E-state index in [1.807, 2.05) is 25.0 Å². The van der Waals surface area contributed by atoms with Gasteiger partial charge in [0.25, 0.3) is 0 Å². The molecule has 6 rings (SSSR count). The summed E-state index contributed by atoms with van der Waals surface area (Å²) in [6.07, 6.45) is 17.2. The zero-order chi connectivity index (χ0) is 34.5. The maximum Gasteiger partial charge on any atom is 0.210 e. The molecule has 244 valence electrons. The van der Waals surface area contributed by atoms with Crippen LogP contribution in [0.4, 0.5) is 11.4 Å². The quantitative estimate of drug-likeness (QED) is 0.0796. The molecule has 0 bridgehead atoms. The molecule has 0 N–H and O–H groups in total. The van der Waals surface area contributed by atoms with Crippen molar-refractivity contribution in [3.8, 4) is 6.07 Å². The third-order valence-corrected chi connectivity index (χ3v) is 10.1. The van der Waals surface area contributed by atoms with Gasteiger partial charge in [-0.05, 0) is 77.7 Å². The van der Waals surface area contributed by atoms with E-state index in [4.69, 9.17) is 4.79 Å². The van der Waals surface area contributed by atoms with Crippen molar-refractivity contribution in [3.05, 3.63) is 132 Å². The second-order valence-electron chi connectivity index (χ2n) is 13.8. The van der Waals surface area contributed by atoms with Crippen LogP contribution in [0.1, 0.15) is 71.4 Å². The third-order valence-electron chi connectivity index (χ3n) is 10.1. The van der Waals surface area contributed by atoms with E-state index in [1.165, 1.54) is 74.7 Å². The van der Waals surface area contributed by atoms with Gasteiger partial charge in [-0.3, -0.25) is 0 Å². The van der Waals surface area contributed by atoms with Gasteiger partial charge in [-0.25, -0.2) is 0 Å². The van der Waals surface area contributed by atoms with E-state index >= 15 is 0 Å². The maximum atomic E-state index is 10.1. The van der Waals surface area contributed by atoms with Crippen LogP contribution in [0, 0.1) is 11.3 Å². The molecule has 0 saturated heterocycles. The van der Waals surface area contributed by atoms with Gasteiger partial charge in [0.05, 0.1) is 17.1 Å². The molecular weight excluding hydrogens is 587 g/mol. The van der Waals surface area contributed by atoms with Gasteiger partial charge in [-0.1, -0.05) is 107 Å². The molecule has 4 aromatic rings. The standard InChI is InChI=1S/C43H46N3.CH2O/c1-7-8-9-14-29-46-37-28-26-33-20-11-13-22-35(33)41(37)43(4,5)39(46)24-16-18-31(30-44)17-15-23-38-42(2,3)40-34-21-12-10-19-32(34)25-27-36(40)45(38)6;1-2/h10-13,15-28H,7-9,14,29H2,1-6H3;1H2/q+1;. The normalized spacial score (nSPS) is 17.3. The largest absolute Gasteiger partial charge is 0.344 e. The number of hydrogen-bond acceptors (Lipinski definition) is 3. The van der Waals surface area contributed by atoms with E-state index < -0.39 is 0 Å². The monoisotopic (exact) mass is 634 g/mol. The average Bonchev–Trinajstić information content (AvgIpc) is 3.44. The molecule has 4 nitrogen and oxygen atoms in total. The minimum Gasteiger partial charge on any atom is -0.344 e. The fourth-order valence-electron chi connectivity index (χ4n) is 7.78. The second-order valence-corrected chi connectivity index (χ2v) is 13.8. The van der Waals surface area contributed by atoms with Crippen molar-refractivity contribution in [2.24, 2.45) is 0 Å². The van der Waals surface area contributed by atoms with Crippen molar-refractivity contribution in [1.82, 2.24) is 0 Å². The van der Waals surface area contributed by atoms with Crippen molar-refractivity contribution in [1.29, 1.82) is 5.26 Å². The Morgan fingerprint density at radius 2 is 1.48 bits per heavy atom. The second kappa shape index (κ2) is 14.4. The molecule has 2 heterocycles. The van der Waals surface area contributed by atoms with Crippen LogP contribution in [0.3, 0.4) is 0 Å². The molecule has 4 heteroatoms. The van der Waals surface area contributed by atoms with Gasteiger partial charge in [-0.2, -0.15) is 9.84 Å². The molecule has 48 heavy (non-hydrogen) atoms. The molecule has 0 spiro atoms. The molecule has 0 fully saturated rings. The predicted molar refractivity (Wildman–Crippen MR) is 203 cm³/mol. The van der Waals surface area contributed by atoms with Crippen molar-refractivity contribution >= 4 is 45.4 Å². The lowest BCUT2D eigenvalue weighted by molar-refractivity contribution is -0.401. The van der Waals surface area contributed by atoms with Crippen LogP contribution in [0.2, 0.25) is 0 Å². The highest BCUT2D eigenvalue weighted by atomic mass is 16.1. The van der Waals surface area contributed by atoms with Gasteiger partial charge in [0.2, 0.25) is 5.69 Å². The first-order valence-corrected chi connectivity index (χ1v) is 17.1. The summed E-state index contributed by atoms with van der Waals surface area (Å²) in [7, 11) is 2.14. The summed E-state index contributed by atoms with van der Waals surface area (Å²) < 4.78 is 2.29. The predicted octanol–water partition coefficient (Wildman–Crippen LogP) is 10.6. The highest BCUT2D eigenvalue weighted by Crippen LogP contribution is 2.51.